The molecule has 1 N–H and O–H groups in total. The van der Waals surface area contributed by atoms with Gasteiger partial charge in [0.25, 0.3) is 0 Å². The minimum Gasteiger partial charge on any atom is -0.497 e. The third-order valence-corrected chi connectivity index (χ3v) is 5.02. The second kappa shape index (κ2) is 7.85. The fraction of sp³-hybridized carbons (Fsp3) is 0.350. The summed E-state index contributed by atoms with van der Waals surface area (Å²) in [6.07, 6.45) is 1.93. The standard InChI is InChI=1S/C20H22N4O4/c1-27-16-4-2-14(3-5-16)15-10-17-20(21-11-15)22-18(13-25)24(17)12-19(26)23-6-8-28-9-7-23/h2-5,10-11,13,18H,6-9,12H2,1H3,(H,21,22). The van der Waals surface area contributed by atoms with Gasteiger partial charge in [0.2, 0.25) is 5.91 Å². The van der Waals surface area contributed by atoms with Crippen LogP contribution in [0.5, 0.6) is 5.75 Å². The Kier molecular flexibility index (Phi) is 5.12. The number of aldehydes is 1. The Bertz CT molecular complexity index is 865. The van der Waals surface area contributed by atoms with Crippen molar-refractivity contribution in [3.63, 3.8) is 0 Å². The molecule has 28 heavy (non-hydrogen) atoms. The van der Waals surface area contributed by atoms with E-state index >= 15 is 0 Å². The number of aromatic nitrogens is 1. The summed E-state index contributed by atoms with van der Waals surface area (Å²) in [6.45, 7) is 2.34. The third kappa shape index (κ3) is 3.50. The molecule has 0 saturated carbocycles. The van der Waals surface area contributed by atoms with Crippen LogP contribution >= 0.6 is 0 Å². The summed E-state index contributed by atoms with van der Waals surface area (Å²) in [4.78, 5) is 32.3. The van der Waals surface area contributed by atoms with Gasteiger partial charge < -0.3 is 24.6 Å². The van der Waals surface area contributed by atoms with Gasteiger partial charge in [0.15, 0.2) is 18.3 Å². The van der Waals surface area contributed by atoms with Crippen LogP contribution in [0.15, 0.2) is 36.5 Å². The number of nitrogens with zero attached hydrogens (tertiary/aromatic N) is 3. The van der Waals surface area contributed by atoms with Gasteiger partial charge in [-0.3, -0.25) is 9.59 Å². The number of benzene rings is 1. The first-order valence-electron chi connectivity index (χ1n) is 9.18. The molecule has 1 unspecified atom stereocenters. The molecule has 8 heteroatoms. The first kappa shape index (κ1) is 18.2. The molecule has 0 aliphatic carbocycles. The molecule has 2 aliphatic rings. The Hall–Kier alpha value is -3.13. The average Bonchev–Trinajstić information content (AvgIpc) is 3.11. The number of pyridine rings is 1. The van der Waals surface area contributed by atoms with Crippen molar-refractivity contribution in [1.82, 2.24) is 9.88 Å². The number of anilines is 2. The van der Waals surface area contributed by atoms with Gasteiger partial charge in [-0.25, -0.2) is 4.98 Å². The van der Waals surface area contributed by atoms with E-state index in [2.05, 4.69) is 10.3 Å². The Labute approximate surface area is 163 Å². The molecular weight excluding hydrogens is 360 g/mol. The van der Waals surface area contributed by atoms with Crippen molar-refractivity contribution in [2.75, 3.05) is 50.2 Å². The number of morpholine rings is 1. The molecular formula is C20H22N4O4. The van der Waals surface area contributed by atoms with Gasteiger partial charge in [-0.1, -0.05) is 12.1 Å². The zero-order valence-corrected chi connectivity index (χ0v) is 15.6. The topological polar surface area (TPSA) is 84.0 Å². The van der Waals surface area contributed by atoms with Crippen LogP contribution in [0.3, 0.4) is 0 Å². The van der Waals surface area contributed by atoms with Crippen molar-refractivity contribution < 1.29 is 19.1 Å². The van der Waals surface area contributed by atoms with E-state index in [1.807, 2.05) is 30.3 Å². The van der Waals surface area contributed by atoms with Gasteiger partial charge in [-0.05, 0) is 23.8 Å². The van der Waals surface area contributed by atoms with E-state index in [9.17, 15) is 9.59 Å². The number of methoxy groups -OCH3 is 1. The number of carbonyl (C=O) groups excluding carboxylic acids is 2. The molecule has 8 nitrogen and oxygen atoms in total. The highest BCUT2D eigenvalue weighted by molar-refractivity contribution is 5.90. The molecule has 1 atom stereocenters. The van der Waals surface area contributed by atoms with Crippen molar-refractivity contribution in [3.8, 4) is 16.9 Å². The summed E-state index contributed by atoms with van der Waals surface area (Å²) in [5, 5.41) is 3.07. The lowest BCUT2D eigenvalue weighted by Gasteiger charge is -2.30. The van der Waals surface area contributed by atoms with Crippen LogP contribution in [-0.2, 0) is 14.3 Å². The maximum atomic E-state index is 12.7. The molecule has 1 fully saturated rings. The van der Waals surface area contributed by atoms with E-state index in [0.29, 0.717) is 32.1 Å². The number of carbonyl (C=O) groups is 2. The lowest BCUT2D eigenvalue weighted by Crippen LogP contribution is -2.48. The Morgan fingerprint density at radius 3 is 2.71 bits per heavy atom. The minimum absolute atomic E-state index is 0.0281. The molecule has 1 saturated heterocycles. The van der Waals surface area contributed by atoms with Crippen LogP contribution in [0, 0.1) is 0 Å². The van der Waals surface area contributed by atoms with Crippen LogP contribution in [0.25, 0.3) is 11.1 Å². The summed E-state index contributed by atoms with van der Waals surface area (Å²) in [5.41, 5.74) is 2.62. The van der Waals surface area contributed by atoms with E-state index in [1.165, 1.54) is 0 Å². The van der Waals surface area contributed by atoms with Gasteiger partial charge in [0, 0.05) is 24.8 Å². The summed E-state index contributed by atoms with van der Waals surface area (Å²) >= 11 is 0. The van der Waals surface area contributed by atoms with Crippen LogP contribution < -0.4 is 15.0 Å². The number of hydrogen-bond donors (Lipinski definition) is 1. The van der Waals surface area contributed by atoms with Crippen molar-refractivity contribution in [3.05, 3.63) is 36.5 Å². The lowest BCUT2D eigenvalue weighted by atomic mass is 10.1. The van der Waals surface area contributed by atoms with E-state index in [1.54, 1.807) is 23.1 Å². The number of nitrogens with one attached hydrogen (secondary N) is 1. The zero-order valence-electron chi connectivity index (χ0n) is 15.6. The number of fused-ring (bicyclic) bond motifs is 1. The van der Waals surface area contributed by atoms with E-state index in [4.69, 9.17) is 9.47 Å². The summed E-state index contributed by atoms with van der Waals surface area (Å²) in [7, 11) is 1.63. The Balaban J connectivity index is 1.59. The molecule has 2 aliphatic heterocycles. The van der Waals surface area contributed by atoms with Crippen LogP contribution in [0.1, 0.15) is 0 Å². The first-order chi connectivity index (χ1) is 13.7. The first-order valence-corrected chi connectivity index (χ1v) is 9.18. The van der Waals surface area contributed by atoms with Crippen LogP contribution in [-0.4, -0.2) is 68.2 Å². The van der Waals surface area contributed by atoms with Crippen molar-refractivity contribution in [1.29, 1.82) is 0 Å². The largest absolute Gasteiger partial charge is 0.497 e. The maximum Gasteiger partial charge on any atom is 0.242 e. The molecule has 0 bridgehead atoms. The van der Waals surface area contributed by atoms with E-state index in [0.717, 1.165) is 28.8 Å². The predicted octanol–water partition coefficient (Wildman–Crippen LogP) is 1.37. The summed E-state index contributed by atoms with van der Waals surface area (Å²) in [6, 6.07) is 9.62. The van der Waals surface area contributed by atoms with Gasteiger partial charge in [0.1, 0.15) is 5.75 Å². The molecule has 3 heterocycles. The monoisotopic (exact) mass is 382 g/mol. The fourth-order valence-electron chi connectivity index (χ4n) is 3.44. The zero-order chi connectivity index (χ0) is 19.5. The van der Waals surface area contributed by atoms with Crippen LogP contribution in [0.2, 0.25) is 0 Å². The minimum atomic E-state index is -0.612. The molecule has 2 aromatic rings. The highest BCUT2D eigenvalue weighted by atomic mass is 16.5. The molecule has 146 valence electrons. The molecule has 1 amide bonds. The van der Waals surface area contributed by atoms with Crippen molar-refractivity contribution >= 4 is 23.7 Å². The second-order valence-corrected chi connectivity index (χ2v) is 6.67. The van der Waals surface area contributed by atoms with E-state index < -0.39 is 6.17 Å². The van der Waals surface area contributed by atoms with Gasteiger partial charge in [-0.2, -0.15) is 0 Å². The number of ether oxygens (including phenoxy) is 2. The Morgan fingerprint density at radius 2 is 2.04 bits per heavy atom. The predicted molar refractivity (Wildman–Crippen MR) is 104 cm³/mol. The van der Waals surface area contributed by atoms with Gasteiger partial charge in [-0.15, -0.1) is 0 Å². The van der Waals surface area contributed by atoms with Crippen molar-refractivity contribution in [2.45, 2.75) is 6.17 Å². The van der Waals surface area contributed by atoms with Gasteiger partial charge >= 0.3 is 0 Å². The third-order valence-electron chi connectivity index (χ3n) is 5.02. The van der Waals surface area contributed by atoms with E-state index in [-0.39, 0.29) is 12.5 Å². The second-order valence-electron chi connectivity index (χ2n) is 6.67. The van der Waals surface area contributed by atoms with Crippen LogP contribution in [0.4, 0.5) is 11.5 Å². The molecule has 1 aromatic carbocycles. The molecule has 0 radical (unpaired) electrons. The maximum absolute atomic E-state index is 12.7. The fourth-order valence-corrected chi connectivity index (χ4v) is 3.44. The smallest absolute Gasteiger partial charge is 0.242 e. The molecule has 0 spiro atoms. The van der Waals surface area contributed by atoms with Crippen molar-refractivity contribution in [2.24, 2.45) is 0 Å². The number of amides is 1. The Morgan fingerprint density at radius 1 is 1.29 bits per heavy atom. The number of rotatable bonds is 5. The average molecular weight is 382 g/mol. The SMILES string of the molecule is COc1ccc(-c2cnc3c(c2)N(CC(=O)N2CCOCC2)C(C=O)N3)cc1. The summed E-state index contributed by atoms with van der Waals surface area (Å²) < 4.78 is 10.5. The highest BCUT2D eigenvalue weighted by Crippen LogP contribution is 2.35. The quantitative estimate of drug-likeness (QED) is 0.782. The highest BCUT2D eigenvalue weighted by Gasteiger charge is 2.32. The number of hydrogen-bond acceptors (Lipinski definition) is 7. The molecule has 1 aromatic heterocycles. The van der Waals surface area contributed by atoms with Gasteiger partial charge in [0.05, 0.1) is 32.6 Å². The normalized spacial score (nSPS) is 18.4. The lowest BCUT2D eigenvalue weighted by molar-refractivity contribution is -0.133. The molecule has 4 rings (SSSR count). The summed E-state index contributed by atoms with van der Waals surface area (Å²) in [5.74, 6) is 1.35.